The van der Waals surface area contributed by atoms with Crippen LogP contribution in [0.25, 0.3) is 11.4 Å². The van der Waals surface area contributed by atoms with Crippen LogP contribution in [0.5, 0.6) is 17.2 Å². The molecular formula is C37H39BF3N5O7S. The summed E-state index contributed by atoms with van der Waals surface area (Å²) >= 11 is 0. The minimum absolute atomic E-state index is 0.0116. The molecule has 17 heteroatoms. The van der Waals surface area contributed by atoms with Crippen molar-refractivity contribution in [1.29, 1.82) is 0 Å². The number of rotatable bonds is 13. The number of methoxy groups -OCH3 is 3. The normalized spacial score (nSPS) is 14.6. The molecule has 1 aliphatic rings. The first-order chi connectivity index (χ1) is 25.7. The number of tetrazole rings is 1. The summed E-state index contributed by atoms with van der Waals surface area (Å²) in [5.74, 6) is 1.41. The van der Waals surface area contributed by atoms with Crippen LogP contribution in [0.1, 0.15) is 36.1 Å². The summed E-state index contributed by atoms with van der Waals surface area (Å²) in [6.45, 7) is 3.62. The van der Waals surface area contributed by atoms with Gasteiger partial charge in [-0.05, 0) is 75.0 Å². The second-order valence-electron chi connectivity index (χ2n) is 13.5. The van der Waals surface area contributed by atoms with Gasteiger partial charge in [0.1, 0.15) is 22.1 Å². The van der Waals surface area contributed by atoms with Crippen LogP contribution in [0.3, 0.4) is 0 Å². The molecule has 1 aromatic heterocycles. The van der Waals surface area contributed by atoms with Gasteiger partial charge in [-0.15, -0.1) is 5.10 Å². The van der Waals surface area contributed by atoms with Crippen molar-refractivity contribution in [1.82, 2.24) is 24.5 Å². The molecule has 0 N–H and O–H groups in total. The third-order valence-corrected chi connectivity index (χ3v) is 10.8. The molecule has 4 aromatic carbocycles. The lowest BCUT2D eigenvalue weighted by Crippen LogP contribution is -2.48. The van der Waals surface area contributed by atoms with E-state index in [2.05, 4.69) is 15.5 Å². The molecule has 5 aromatic rings. The van der Waals surface area contributed by atoms with Gasteiger partial charge in [-0.1, -0.05) is 56.3 Å². The predicted molar refractivity (Wildman–Crippen MR) is 194 cm³/mol. The first kappa shape index (κ1) is 38.7. The molecule has 12 nitrogen and oxygen atoms in total. The van der Waals surface area contributed by atoms with E-state index < -0.39 is 39.2 Å². The molecule has 0 bridgehead atoms. The van der Waals surface area contributed by atoms with Gasteiger partial charge in [0.05, 0.1) is 33.4 Å². The first-order valence-corrected chi connectivity index (χ1v) is 18.3. The Morgan fingerprint density at radius 3 is 1.72 bits per heavy atom. The van der Waals surface area contributed by atoms with Crippen molar-refractivity contribution in [2.24, 2.45) is 5.41 Å². The van der Waals surface area contributed by atoms with Crippen molar-refractivity contribution >= 4 is 22.6 Å². The molecule has 284 valence electrons. The van der Waals surface area contributed by atoms with E-state index in [1.54, 1.807) is 72.8 Å². The highest BCUT2D eigenvalue weighted by Gasteiger charge is 2.45. The maximum absolute atomic E-state index is 15.3. The Kier molecular flexibility index (Phi) is 11.3. The van der Waals surface area contributed by atoms with Gasteiger partial charge in [0.2, 0.25) is 10.0 Å². The molecule has 0 unspecified atom stereocenters. The summed E-state index contributed by atoms with van der Waals surface area (Å²) in [5, 5.41) is 12.1. The van der Waals surface area contributed by atoms with Crippen molar-refractivity contribution in [3.05, 3.63) is 107 Å². The van der Waals surface area contributed by atoms with Crippen molar-refractivity contribution in [3.8, 4) is 28.6 Å². The number of alkyl halides is 3. The van der Waals surface area contributed by atoms with E-state index in [1.165, 1.54) is 32.1 Å². The fourth-order valence-electron chi connectivity index (χ4n) is 6.01. The molecule has 2 heterocycles. The van der Waals surface area contributed by atoms with Crippen LogP contribution in [0.2, 0.25) is 0 Å². The van der Waals surface area contributed by atoms with Crippen LogP contribution in [0, 0.1) is 5.41 Å². The van der Waals surface area contributed by atoms with Crippen molar-refractivity contribution in [2.45, 2.75) is 44.6 Å². The fourth-order valence-corrected chi connectivity index (χ4v) is 7.83. The summed E-state index contributed by atoms with van der Waals surface area (Å²) < 4.78 is 106. The van der Waals surface area contributed by atoms with Crippen LogP contribution >= 0.6 is 0 Å². The number of hydrogen-bond acceptors (Lipinski definition) is 10. The summed E-state index contributed by atoms with van der Waals surface area (Å²) in [7, 11) is -1.79. The van der Waals surface area contributed by atoms with Crippen LogP contribution in [0.4, 0.5) is 13.2 Å². The fraction of sp³-hybridized carbons (Fsp3) is 0.324. The van der Waals surface area contributed by atoms with E-state index in [9.17, 15) is 0 Å². The zero-order chi connectivity index (χ0) is 38.7. The van der Waals surface area contributed by atoms with Gasteiger partial charge in [-0.25, -0.2) is 13.1 Å². The van der Waals surface area contributed by atoms with E-state index in [1.807, 2.05) is 13.8 Å². The maximum atomic E-state index is 15.3. The zero-order valence-electron chi connectivity index (χ0n) is 30.3. The summed E-state index contributed by atoms with van der Waals surface area (Å²) in [6, 6.07) is 22.0. The Morgan fingerprint density at radius 1 is 0.778 bits per heavy atom. The Balaban J connectivity index is 1.58. The third-order valence-electron chi connectivity index (χ3n) is 8.88. The van der Waals surface area contributed by atoms with Gasteiger partial charge in [0.25, 0.3) is 0 Å². The average molecular weight is 766 g/mol. The average Bonchev–Trinajstić information content (AvgIpc) is 3.62. The largest absolute Gasteiger partial charge is 0.497 e. The van der Waals surface area contributed by atoms with E-state index in [-0.39, 0.29) is 49.7 Å². The summed E-state index contributed by atoms with van der Waals surface area (Å²) in [4.78, 5) is -1.03. The first-order valence-electron chi connectivity index (χ1n) is 16.8. The second-order valence-corrected chi connectivity index (χ2v) is 15.4. The van der Waals surface area contributed by atoms with Crippen LogP contribution < -0.4 is 19.7 Å². The van der Waals surface area contributed by atoms with E-state index >= 15 is 21.6 Å². The van der Waals surface area contributed by atoms with Gasteiger partial charge in [-0.3, -0.25) is 0 Å². The molecule has 6 rings (SSSR count). The maximum Gasteiger partial charge on any atom is 0.494 e. The predicted octanol–water partition coefficient (Wildman–Crippen LogP) is 5.59. The highest BCUT2D eigenvalue weighted by molar-refractivity contribution is 7.89. The lowest BCUT2D eigenvalue weighted by Gasteiger charge is -2.34. The number of benzene rings is 4. The van der Waals surface area contributed by atoms with Crippen molar-refractivity contribution in [2.75, 3.05) is 34.5 Å². The second kappa shape index (κ2) is 15.8. The zero-order valence-corrected chi connectivity index (χ0v) is 31.1. The molecule has 54 heavy (non-hydrogen) atoms. The third kappa shape index (κ3) is 8.54. The SMILES string of the molecule is COc1ccc(CN(Cc2ccc(OC)cc2)S(=O)(=O)c2c(C(F)(F)F)ccc(B3OCC(C)(C)CO3)c2-c2nnnn2Cc2ccc(OC)cc2)cc1. The monoisotopic (exact) mass is 765 g/mol. The highest BCUT2D eigenvalue weighted by Crippen LogP contribution is 2.41. The summed E-state index contributed by atoms with van der Waals surface area (Å²) in [6.07, 6.45) is -5.12. The van der Waals surface area contributed by atoms with Crippen molar-refractivity contribution < 1.29 is 45.1 Å². The number of nitrogens with zero attached hydrogens (tertiary/aromatic N) is 5. The molecule has 0 atom stereocenters. The van der Waals surface area contributed by atoms with Gasteiger partial charge in [0.15, 0.2) is 5.82 Å². The minimum Gasteiger partial charge on any atom is -0.497 e. The molecule has 0 radical (unpaired) electrons. The Hall–Kier alpha value is -4.97. The number of ether oxygens (including phenoxy) is 3. The lowest BCUT2D eigenvalue weighted by atomic mass is 9.72. The quantitative estimate of drug-likeness (QED) is 0.140. The van der Waals surface area contributed by atoms with Gasteiger partial charge in [0, 0.05) is 37.3 Å². The highest BCUT2D eigenvalue weighted by atomic mass is 32.2. The Labute approximate surface area is 311 Å². The number of hydrogen-bond donors (Lipinski definition) is 0. The van der Waals surface area contributed by atoms with E-state index in [0.29, 0.717) is 33.9 Å². The van der Waals surface area contributed by atoms with Crippen LogP contribution in [-0.2, 0) is 45.1 Å². The van der Waals surface area contributed by atoms with Gasteiger partial charge in [-0.2, -0.15) is 17.5 Å². The molecule has 1 fully saturated rings. The van der Waals surface area contributed by atoms with Gasteiger partial charge < -0.3 is 23.5 Å². The standard InChI is InChI=1S/C37H39BF3N5O7S/c1-36(2)23-52-38(53-24-36)32-19-18-31(37(39,40)41)34(33(32)35-42-43-44-46(35)22-27-10-16-30(51-5)17-11-27)54(47,48)45(20-25-6-12-28(49-3)13-7-25)21-26-8-14-29(50-4)15-9-26/h6-19H,20-24H2,1-5H3. The smallest absolute Gasteiger partial charge is 0.494 e. The Bertz CT molecular complexity index is 2110. The lowest BCUT2D eigenvalue weighted by molar-refractivity contribution is -0.139. The van der Waals surface area contributed by atoms with Crippen LogP contribution in [0.15, 0.2) is 89.8 Å². The molecule has 1 aliphatic heterocycles. The molecule has 0 aliphatic carbocycles. The minimum atomic E-state index is -5.12. The molecule has 0 amide bonds. The number of halogens is 3. The molecule has 0 saturated carbocycles. The molecule has 1 saturated heterocycles. The number of aromatic nitrogens is 4. The van der Waals surface area contributed by atoms with E-state index in [4.69, 9.17) is 23.5 Å². The van der Waals surface area contributed by atoms with E-state index in [0.717, 1.165) is 10.4 Å². The van der Waals surface area contributed by atoms with Crippen LogP contribution in [-0.4, -0.2) is 74.6 Å². The van der Waals surface area contributed by atoms with Crippen molar-refractivity contribution in [3.63, 3.8) is 0 Å². The Morgan fingerprint density at radius 2 is 1.26 bits per heavy atom. The molecule has 0 spiro atoms. The topological polar surface area (TPSA) is 127 Å². The molecular weight excluding hydrogens is 726 g/mol. The van der Waals surface area contributed by atoms with Gasteiger partial charge >= 0.3 is 13.3 Å². The summed E-state index contributed by atoms with van der Waals surface area (Å²) in [5.41, 5.74) is -0.477. The number of sulfonamides is 1.